The highest BCUT2D eigenvalue weighted by molar-refractivity contribution is 7.98. The van der Waals surface area contributed by atoms with Crippen molar-refractivity contribution in [3.05, 3.63) is 12.5 Å². The molecule has 2 aromatic rings. The number of fused-ring (bicyclic) bond motifs is 1. The van der Waals surface area contributed by atoms with Gasteiger partial charge in [-0.15, -0.1) is 0 Å². The van der Waals surface area contributed by atoms with E-state index in [0.29, 0.717) is 22.6 Å². The van der Waals surface area contributed by atoms with Gasteiger partial charge < -0.3 is 25.8 Å². The molecule has 0 saturated heterocycles. The van der Waals surface area contributed by atoms with E-state index in [0.717, 1.165) is 5.69 Å². The van der Waals surface area contributed by atoms with Crippen molar-refractivity contribution >= 4 is 34.3 Å². The van der Waals surface area contributed by atoms with Crippen LogP contribution >= 0.6 is 11.8 Å². The molecule has 0 aliphatic rings. The van der Waals surface area contributed by atoms with Gasteiger partial charge in [-0.1, -0.05) is 0 Å². The number of rotatable bonds is 6. The summed E-state index contributed by atoms with van der Waals surface area (Å²) in [7, 11) is 1.81. The molecule has 2 heterocycles. The quantitative estimate of drug-likeness (QED) is 0.596. The maximum Gasteiger partial charge on any atom is 0.151 e. The van der Waals surface area contributed by atoms with E-state index in [-0.39, 0.29) is 6.61 Å². The zero-order valence-electron chi connectivity index (χ0n) is 11.4. The van der Waals surface area contributed by atoms with E-state index in [4.69, 9.17) is 5.73 Å². The van der Waals surface area contributed by atoms with Crippen molar-refractivity contribution in [1.82, 2.24) is 15.0 Å². The molecule has 0 fully saturated rings. The number of nitrogens with zero attached hydrogens (tertiary/aromatic N) is 3. The summed E-state index contributed by atoms with van der Waals surface area (Å²) in [6.45, 7) is -0.147. The second kappa shape index (κ2) is 6.29. The minimum absolute atomic E-state index is 0.147. The van der Waals surface area contributed by atoms with Crippen LogP contribution in [0.2, 0.25) is 0 Å². The van der Waals surface area contributed by atoms with E-state index in [1.165, 1.54) is 18.1 Å². The topological polar surface area (TPSA) is 111 Å². The maximum atomic E-state index is 10.1. The molecule has 2 aromatic heterocycles. The highest BCUT2D eigenvalue weighted by Crippen LogP contribution is 2.28. The lowest BCUT2D eigenvalue weighted by Gasteiger charge is -2.31. The first-order valence-electron chi connectivity index (χ1n) is 6.18. The summed E-state index contributed by atoms with van der Waals surface area (Å²) in [5.74, 6) is 0.926. The Bertz CT molecular complexity index is 576. The molecule has 0 aliphatic carbocycles. The molecular formula is C12H19N5O2S. The molecule has 20 heavy (non-hydrogen) atoms. The number of nitrogen functional groups attached to an aromatic ring is 1. The molecule has 0 aromatic carbocycles. The smallest absolute Gasteiger partial charge is 0.151 e. The third-order valence-electron chi connectivity index (χ3n) is 3.32. The van der Waals surface area contributed by atoms with E-state index in [1.807, 2.05) is 18.2 Å². The molecule has 2 atom stereocenters. The van der Waals surface area contributed by atoms with Crippen molar-refractivity contribution < 1.29 is 10.2 Å². The van der Waals surface area contributed by atoms with Crippen molar-refractivity contribution in [1.29, 1.82) is 0 Å². The Labute approximate surface area is 121 Å². The average Bonchev–Trinajstić information content (AvgIpc) is 2.85. The Morgan fingerprint density at radius 2 is 2.25 bits per heavy atom. The number of hydrogen-bond acceptors (Lipinski definition) is 7. The molecule has 0 saturated carbocycles. The number of aliphatic hydroxyl groups is 2. The number of anilines is 2. The Kier molecular flexibility index (Phi) is 4.69. The third-order valence-corrected chi connectivity index (χ3v) is 3.99. The summed E-state index contributed by atoms with van der Waals surface area (Å²) in [6.07, 6.45) is 4.43. The van der Waals surface area contributed by atoms with Gasteiger partial charge in [-0.05, 0) is 6.26 Å². The Morgan fingerprint density at radius 3 is 2.90 bits per heavy atom. The first-order valence-corrected chi connectivity index (χ1v) is 7.57. The predicted molar refractivity (Wildman–Crippen MR) is 82.0 cm³/mol. The Hall–Kier alpha value is -1.51. The van der Waals surface area contributed by atoms with Gasteiger partial charge in [-0.2, -0.15) is 11.8 Å². The monoisotopic (exact) mass is 297 g/mol. The lowest BCUT2D eigenvalue weighted by Crippen LogP contribution is -2.45. The number of nitrogens with one attached hydrogen (secondary N) is 1. The highest BCUT2D eigenvalue weighted by Gasteiger charge is 2.25. The van der Waals surface area contributed by atoms with E-state index >= 15 is 0 Å². The second-order valence-corrected chi connectivity index (χ2v) is 5.45. The fourth-order valence-corrected chi connectivity index (χ4v) is 2.74. The van der Waals surface area contributed by atoms with Crippen molar-refractivity contribution in [3.63, 3.8) is 0 Å². The molecule has 0 radical (unpaired) electrons. The van der Waals surface area contributed by atoms with Crippen LogP contribution in [0, 0.1) is 0 Å². The van der Waals surface area contributed by atoms with E-state index in [1.54, 1.807) is 6.20 Å². The van der Waals surface area contributed by atoms with Crippen LogP contribution in [-0.4, -0.2) is 63.0 Å². The fraction of sp³-hybridized carbons (Fsp3) is 0.500. The zero-order valence-corrected chi connectivity index (χ0v) is 12.3. The molecule has 0 aliphatic heterocycles. The van der Waals surface area contributed by atoms with Gasteiger partial charge in [0.1, 0.15) is 17.4 Å². The normalized spacial score (nSPS) is 14.4. The molecular weight excluding hydrogens is 278 g/mol. The van der Waals surface area contributed by atoms with Gasteiger partial charge in [-0.3, -0.25) is 0 Å². The summed E-state index contributed by atoms with van der Waals surface area (Å²) in [5, 5.41) is 19.7. The lowest BCUT2D eigenvalue weighted by molar-refractivity contribution is 0.124. The summed E-state index contributed by atoms with van der Waals surface area (Å²) in [5.41, 5.74) is 7.89. The lowest BCUT2D eigenvalue weighted by atomic mass is 10.1. The highest BCUT2D eigenvalue weighted by atomic mass is 32.2. The van der Waals surface area contributed by atoms with Crippen molar-refractivity contribution in [2.24, 2.45) is 0 Å². The van der Waals surface area contributed by atoms with Crippen molar-refractivity contribution in [2.45, 2.75) is 12.1 Å². The molecule has 2 rings (SSSR count). The first-order chi connectivity index (χ1) is 9.60. The van der Waals surface area contributed by atoms with Crippen LogP contribution in [0.1, 0.15) is 0 Å². The molecule has 110 valence electrons. The standard InChI is InChI=1S/C12H19N5O2S/c1-17(8(4-18)9(19)5-20-2)7-3-14-11-10(7)15-6-16-12(11)13/h3,6,8-9,14,18-19H,4-5H2,1-2H3,(H2,13,15,16)/t8-,9+/m1/s1. The number of aliphatic hydroxyl groups excluding tert-OH is 2. The molecule has 8 heteroatoms. The SMILES string of the molecule is CSC[C@H](O)[C@@H](CO)N(C)c1c[nH]c2c(N)ncnc12. The first kappa shape index (κ1) is 14.9. The van der Waals surface area contributed by atoms with Gasteiger partial charge in [-0.25, -0.2) is 9.97 Å². The van der Waals surface area contributed by atoms with Gasteiger partial charge in [0.25, 0.3) is 0 Å². The number of hydrogen-bond donors (Lipinski definition) is 4. The Balaban J connectivity index is 2.34. The van der Waals surface area contributed by atoms with Crippen LogP contribution in [0.25, 0.3) is 11.0 Å². The maximum absolute atomic E-state index is 10.1. The van der Waals surface area contributed by atoms with Crippen molar-refractivity contribution in [2.75, 3.05) is 36.3 Å². The van der Waals surface area contributed by atoms with Crippen LogP contribution in [0.5, 0.6) is 0 Å². The largest absolute Gasteiger partial charge is 0.394 e. The molecule has 0 bridgehead atoms. The van der Waals surface area contributed by atoms with Crippen LogP contribution in [0.3, 0.4) is 0 Å². The number of thioether (sulfide) groups is 1. The number of H-pyrrole nitrogens is 1. The van der Waals surface area contributed by atoms with E-state index in [9.17, 15) is 10.2 Å². The zero-order chi connectivity index (χ0) is 14.7. The average molecular weight is 297 g/mol. The van der Waals surface area contributed by atoms with Gasteiger partial charge in [0, 0.05) is 19.0 Å². The minimum Gasteiger partial charge on any atom is -0.394 e. The number of likely N-dealkylation sites (N-methyl/N-ethyl adjacent to an activating group) is 1. The van der Waals surface area contributed by atoms with Crippen molar-refractivity contribution in [3.8, 4) is 0 Å². The van der Waals surface area contributed by atoms with Crippen LogP contribution < -0.4 is 10.6 Å². The summed E-state index contributed by atoms with van der Waals surface area (Å²) < 4.78 is 0. The molecule has 0 amide bonds. The Morgan fingerprint density at radius 1 is 1.50 bits per heavy atom. The number of aromatic amines is 1. The van der Waals surface area contributed by atoms with Gasteiger partial charge in [0.05, 0.1) is 24.4 Å². The molecule has 7 nitrogen and oxygen atoms in total. The fourth-order valence-electron chi connectivity index (χ4n) is 2.18. The molecule has 0 spiro atoms. The third kappa shape index (κ3) is 2.67. The van der Waals surface area contributed by atoms with E-state index in [2.05, 4.69) is 15.0 Å². The second-order valence-electron chi connectivity index (χ2n) is 4.54. The molecule has 0 unspecified atom stereocenters. The van der Waals surface area contributed by atoms with Gasteiger partial charge >= 0.3 is 0 Å². The van der Waals surface area contributed by atoms with Crippen LogP contribution in [0.4, 0.5) is 11.5 Å². The summed E-state index contributed by atoms with van der Waals surface area (Å²) in [4.78, 5) is 13.0. The number of aromatic nitrogens is 3. The predicted octanol–water partition coefficient (Wildman–Crippen LogP) is 0.0611. The van der Waals surface area contributed by atoms with Gasteiger partial charge in [0.2, 0.25) is 0 Å². The van der Waals surface area contributed by atoms with Crippen LogP contribution in [-0.2, 0) is 0 Å². The summed E-state index contributed by atoms with van der Waals surface area (Å²) in [6, 6.07) is -0.405. The van der Waals surface area contributed by atoms with E-state index < -0.39 is 12.1 Å². The molecule has 5 N–H and O–H groups in total. The van der Waals surface area contributed by atoms with Gasteiger partial charge in [0.15, 0.2) is 5.82 Å². The van der Waals surface area contributed by atoms with Crippen LogP contribution in [0.15, 0.2) is 12.5 Å². The minimum atomic E-state index is -0.635. The number of nitrogens with two attached hydrogens (primary N) is 1. The summed E-state index contributed by atoms with van der Waals surface area (Å²) >= 11 is 1.53.